The second kappa shape index (κ2) is 9.75. The zero-order valence-electron chi connectivity index (χ0n) is 18.8. The van der Waals surface area contributed by atoms with Crippen LogP contribution in [0.25, 0.3) is 0 Å². The maximum absolute atomic E-state index is 13.0. The Morgan fingerprint density at radius 2 is 1.80 bits per heavy atom. The van der Waals surface area contributed by atoms with Crippen molar-refractivity contribution in [3.05, 3.63) is 24.3 Å². The number of likely N-dealkylation sites (tertiary alicyclic amines) is 1. The standard InChI is InChI=1S/C23H36N4O3/c1-23(2,3)30-22(29)26(4)15-17-5-7-19(8-6-17)21(28)27-13-10-18(11-14-27)20-9-12-24-16-25-20/h9,12,16-19H,5-8,10-11,13-15H2,1-4H3/t17-,19-. The Morgan fingerprint density at radius 3 is 2.37 bits per heavy atom. The number of amides is 2. The summed E-state index contributed by atoms with van der Waals surface area (Å²) in [4.78, 5) is 37.3. The molecule has 2 fully saturated rings. The van der Waals surface area contributed by atoms with Gasteiger partial charge in [-0.3, -0.25) is 4.79 Å². The Morgan fingerprint density at radius 1 is 1.13 bits per heavy atom. The Hall–Kier alpha value is -2.18. The van der Waals surface area contributed by atoms with E-state index in [0.717, 1.165) is 57.3 Å². The predicted octanol–water partition coefficient (Wildman–Crippen LogP) is 3.86. The summed E-state index contributed by atoms with van der Waals surface area (Å²) < 4.78 is 5.44. The molecule has 0 unspecified atom stereocenters. The molecule has 1 saturated heterocycles. The average Bonchev–Trinajstić information content (AvgIpc) is 2.73. The predicted molar refractivity (Wildman–Crippen MR) is 115 cm³/mol. The number of carbonyl (C=O) groups excluding carboxylic acids is 2. The van der Waals surface area contributed by atoms with Crippen LogP contribution in [-0.2, 0) is 9.53 Å². The molecule has 30 heavy (non-hydrogen) atoms. The summed E-state index contributed by atoms with van der Waals surface area (Å²) in [6, 6.07) is 1.98. The minimum Gasteiger partial charge on any atom is -0.444 e. The molecule has 2 amide bonds. The zero-order chi connectivity index (χ0) is 21.7. The highest BCUT2D eigenvalue weighted by atomic mass is 16.6. The first-order valence-corrected chi connectivity index (χ1v) is 11.2. The van der Waals surface area contributed by atoms with E-state index in [9.17, 15) is 9.59 Å². The van der Waals surface area contributed by atoms with Gasteiger partial charge in [0.2, 0.25) is 5.91 Å². The lowest BCUT2D eigenvalue weighted by Gasteiger charge is -2.37. The molecule has 0 radical (unpaired) electrons. The number of ether oxygens (including phenoxy) is 1. The first-order valence-electron chi connectivity index (χ1n) is 11.2. The number of aromatic nitrogens is 2. The molecule has 2 aliphatic rings. The first kappa shape index (κ1) is 22.5. The van der Waals surface area contributed by atoms with Gasteiger partial charge in [0.05, 0.1) is 0 Å². The highest BCUT2D eigenvalue weighted by Crippen LogP contribution is 2.33. The number of piperidine rings is 1. The Labute approximate surface area is 180 Å². The van der Waals surface area contributed by atoms with Crippen molar-refractivity contribution in [1.29, 1.82) is 0 Å². The molecule has 1 aliphatic carbocycles. The topological polar surface area (TPSA) is 75.6 Å². The monoisotopic (exact) mass is 416 g/mol. The maximum Gasteiger partial charge on any atom is 0.410 e. The third-order valence-corrected chi connectivity index (χ3v) is 6.26. The van der Waals surface area contributed by atoms with Gasteiger partial charge >= 0.3 is 6.09 Å². The second-order valence-electron chi connectivity index (χ2n) is 9.81. The lowest BCUT2D eigenvalue weighted by atomic mass is 9.80. The molecule has 1 aromatic heterocycles. The van der Waals surface area contributed by atoms with Crippen LogP contribution in [0, 0.1) is 11.8 Å². The van der Waals surface area contributed by atoms with Gasteiger partial charge in [0, 0.05) is 50.4 Å². The first-order chi connectivity index (χ1) is 14.2. The number of hydrogen-bond acceptors (Lipinski definition) is 5. The quantitative estimate of drug-likeness (QED) is 0.745. The Bertz CT molecular complexity index is 703. The molecule has 1 aromatic rings. The Balaban J connectivity index is 1.41. The van der Waals surface area contributed by atoms with Crippen LogP contribution in [0.15, 0.2) is 18.6 Å². The van der Waals surface area contributed by atoms with E-state index in [1.807, 2.05) is 26.8 Å². The van der Waals surface area contributed by atoms with E-state index in [1.54, 1.807) is 24.5 Å². The molecule has 1 saturated carbocycles. The highest BCUT2D eigenvalue weighted by molar-refractivity contribution is 5.79. The number of rotatable bonds is 4. The molecular weight excluding hydrogens is 380 g/mol. The van der Waals surface area contributed by atoms with Crippen LogP contribution < -0.4 is 0 Å². The van der Waals surface area contributed by atoms with E-state index in [-0.39, 0.29) is 12.0 Å². The average molecular weight is 417 g/mol. The summed E-state index contributed by atoms with van der Waals surface area (Å²) in [5.74, 6) is 1.31. The van der Waals surface area contributed by atoms with Gasteiger partial charge in [-0.2, -0.15) is 0 Å². The molecule has 1 aliphatic heterocycles. The van der Waals surface area contributed by atoms with Crippen LogP contribution in [0.5, 0.6) is 0 Å². The lowest BCUT2D eigenvalue weighted by Crippen LogP contribution is -2.43. The molecule has 7 heteroatoms. The van der Waals surface area contributed by atoms with E-state index >= 15 is 0 Å². The van der Waals surface area contributed by atoms with Gasteiger partial charge in [0.15, 0.2) is 0 Å². The SMILES string of the molecule is CN(C[C@H]1CC[C@H](C(=O)N2CCC(c3ccncn3)CC2)CC1)C(=O)OC(C)(C)C. The fourth-order valence-electron chi connectivity index (χ4n) is 4.59. The minimum atomic E-state index is -0.476. The largest absolute Gasteiger partial charge is 0.444 e. The van der Waals surface area contributed by atoms with Gasteiger partial charge in [0.1, 0.15) is 11.9 Å². The van der Waals surface area contributed by atoms with Crippen molar-refractivity contribution in [2.45, 2.75) is 70.8 Å². The van der Waals surface area contributed by atoms with Crippen molar-refractivity contribution in [1.82, 2.24) is 19.8 Å². The fourth-order valence-corrected chi connectivity index (χ4v) is 4.59. The number of nitrogens with zero attached hydrogens (tertiary/aromatic N) is 4. The molecular formula is C23H36N4O3. The van der Waals surface area contributed by atoms with Crippen molar-refractivity contribution in [2.75, 3.05) is 26.7 Å². The molecule has 3 rings (SSSR count). The summed E-state index contributed by atoms with van der Waals surface area (Å²) in [5.41, 5.74) is 0.614. The summed E-state index contributed by atoms with van der Waals surface area (Å²) in [5, 5.41) is 0. The van der Waals surface area contributed by atoms with Gasteiger partial charge < -0.3 is 14.5 Å². The van der Waals surface area contributed by atoms with Gasteiger partial charge in [-0.05, 0) is 71.3 Å². The molecule has 2 heterocycles. The van der Waals surface area contributed by atoms with Crippen molar-refractivity contribution < 1.29 is 14.3 Å². The molecule has 0 atom stereocenters. The highest BCUT2D eigenvalue weighted by Gasteiger charge is 2.33. The van der Waals surface area contributed by atoms with Gasteiger partial charge in [-0.25, -0.2) is 14.8 Å². The van der Waals surface area contributed by atoms with Crippen LogP contribution in [0.4, 0.5) is 4.79 Å². The van der Waals surface area contributed by atoms with Crippen LogP contribution in [0.1, 0.15) is 70.9 Å². The lowest BCUT2D eigenvalue weighted by molar-refractivity contribution is -0.138. The Kier molecular flexibility index (Phi) is 7.32. The molecule has 0 aromatic carbocycles. The van der Waals surface area contributed by atoms with Crippen LogP contribution >= 0.6 is 0 Å². The van der Waals surface area contributed by atoms with E-state index in [2.05, 4.69) is 14.9 Å². The smallest absolute Gasteiger partial charge is 0.410 e. The third-order valence-electron chi connectivity index (χ3n) is 6.26. The second-order valence-corrected chi connectivity index (χ2v) is 9.81. The third kappa shape index (κ3) is 6.16. The number of carbonyl (C=O) groups is 2. The van der Waals surface area contributed by atoms with E-state index < -0.39 is 5.60 Å². The van der Waals surface area contributed by atoms with Gasteiger partial charge in [0.25, 0.3) is 0 Å². The van der Waals surface area contributed by atoms with E-state index in [0.29, 0.717) is 24.3 Å². The summed E-state index contributed by atoms with van der Waals surface area (Å²) >= 11 is 0. The molecule has 7 nitrogen and oxygen atoms in total. The molecule has 0 spiro atoms. The van der Waals surface area contributed by atoms with E-state index in [4.69, 9.17) is 4.74 Å². The van der Waals surface area contributed by atoms with E-state index in [1.165, 1.54) is 0 Å². The minimum absolute atomic E-state index is 0.128. The van der Waals surface area contributed by atoms with Gasteiger partial charge in [-0.15, -0.1) is 0 Å². The molecule has 0 N–H and O–H groups in total. The van der Waals surface area contributed by atoms with Crippen LogP contribution in [0.2, 0.25) is 0 Å². The number of hydrogen-bond donors (Lipinski definition) is 0. The zero-order valence-corrected chi connectivity index (χ0v) is 18.8. The fraction of sp³-hybridized carbons (Fsp3) is 0.739. The normalized spacial score (nSPS) is 23.1. The van der Waals surface area contributed by atoms with Crippen molar-refractivity contribution in [2.24, 2.45) is 11.8 Å². The summed E-state index contributed by atoms with van der Waals surface area (Å²) in [6.07, 6.45) is 8.87. The van der Waals surface area contributed by atoms with Crippen molar-refractivity contribution in [3.63, 3.8) is 0 Å². The van der Waals surface area contributed by atoms with Crippen molar-refractivity contribution >= 4 is 12.0 Å². The molecule has 0 bridgehead atoms. The summed E-state index contributed by atoms with van der Waals surface area (Å²) in [7, 11) is 1.80. The van der Waals surface area contributed by atoms with Crippen LogP contribution in [0.3, 0.4) is 0 Å². The molecule has 166 valence electrons. The van der Waals surface area contributed by atoms with Gasteiger partial charge in [-0.1, -0.05) is 0 Å². The summed E-state index contributed by atoms with van der Waals surface area (Å²) in [6.45, 7) is 7.97. The van der Waals surface area contributed by atoms with Crippen LogP contribution in [-0.4, -0.2) is 64.1 Å². The maximum atomic E-state index is 13.0. The van der Waals surface area contributed by atoms with Crippen molar-refractivity contribution in [3.8, 4) is 0 Å².